The lowest BCUT2D eigenvalue weighted by atomic mass is 9.97. The largest absolute Gasteiger partial charge is 0.416 e. The maximum Gasteiger partial charge on any atom is 0.416 e. The lowest BCUT2D eigenvalue weighted by molar-refractivity contribution is -0.137. The maximum absolute atomic E-state index is 15.3. The number of alkyl halides is 3. The van der Waals surface area contributed by atoms with Crippen LogP contribution in [0.2, 0.25) is 0 Å². The number of aromatic nitrogens is 5. The van der Waals surface area contributed by atoms with E-state index < -0.39 is 11.7 Å². The van der Waals surface area contributed by atoms with Gasteiger partial charge in [0.1, 0.15) is 0 Å². The molecular weight excluding hydrogens is 960 g/mol. The number of halogens is 3. The van der Waals surface area contributed by atoms with Crippen LogP contribution in [-0.4, -0.2) is 24.1 Å². The molecule has 0 N–H and O–H groups in total. The van der Waals surface area contributed by atoms with Crippen molar-refractivity contribution in [2.24, 2.45) is 0 Å². The van der Waals surface area contributed by atoms with Gasteiger partial charge in [0.25, 0.3) is 0 Å². The fraction of sp³-hybridized carbons (Fsp3) is 0.0156. The van der Waals surface area contributed by atoms with E-state index in [0.717, 1.165) is 86.2 Å². The quantitative estimate of drug-likeness (QED) is 0.167. The van der Waals surface area contributed by atoms with Gasteiger partial charge in [0.2, 0.25) is 0 Å². The van der Waals surface area contributed by atoms with Crippen molar-refractivity contribution in [3.8, 4) is 56.7 Å². The lowest BCUT2D eigenvalue weighted by Crippen LogP contribution is -2.08. The zero-order valence-corrected chi connectivity index (χ0v) is 40.6. The third-order valence-corrected chi connectivity index (χ3v) is 16.8. The van der Waals surface area contributed by atoms with Crippen LogP contribution in [0, 0.1) is 0 Å². The van der Waals surface area contributed by atoms with E-state index in [0.29, 0.717) is 34.3 Å². The molecule has 5 nitrogen and oxygen atoms in total. The Bertz CT molecular complexity index is 4720. The first-order chi connectivity index (χ1) is 36.3. The van der Waals surface area contributed by atoms with Gasteiger partial charge in [0, 0.05) is 89.7 Å². The average molecular weight is 996 g/mol. The molecule has 10 heteroatoms. The molecule has 74 heavy (non-hydrogen) atoms. The summed E-state index contributed by atoms with van der Waals surface area (Å²) in [6.07, 6.45) is -4.62. The van der Waals surface area contributed by atoms with Gasteiger partial charge in [0.15, 0.2) is 17.5 Å². The molecule has 15 aromatic rings. The Balaban J connectivity index is 1.06. The first-order valence-electron chi connectivity index (χ1n) is 24.2. The van der Waals surface area contributed by atoms with Crippen LogP contribution in [0.3, 0.4) is 0 Å². The third-order valence-electron chi connectivity index (χ3n) is 14.4. The molecule has 0 spiro atoms. The van der Waals surface area contributed by atoms with Crippen LogP contribution < -0.4 is 0 Å². The minimum Gasteiger partial charge on any atom is -0.309 e. The summed E-state index contributed by atoms with van der Waals surface area (Å²) in [4.78, 5) is 15.3. The smallest absolute Gasteiger partial charge is 0.309 e. The Kier molecular flexibility index (Phi) is 9.39. The number of benzene rings is 10. The van der Waals surface area contributed by atoms with Crippen molar-refractivity contribution in [3.63, 3.8) is 0 Å². The summed E-state index contributed by atoms with van der Waals surface area (Å²) < 4.78 is 54.8. The zero-order valence-electron chi connectivity index (χ0n) is 39.0. The summed E-state index contributed by atoms with van der Waals surface area (Å²) in [7, 11) is 0. The summed E-state index contributed by atoms with van der Waals surface area (Å²) in [5.41, 5.74) is 7.72. The molecule has 10 aromatic carbocycles. The Morgan fingerprint density at radius 3 is 1.26 bits per heavy atom. The lowest BCUT2D eigenvalue weighted by Gasteiger charge is -2.21. The van der Waals surface area contributed by atoms with E-state index in [9.17, 15) is 0 Å². The van der Waals surface area contributed by atoms with E-state index in [2.05, 4.69) is 95.6 Å². The fourth-order valence-corrected chi connectivity index (χ4v) is 13.6. The van der Waals surface area contributed by atoms with Gasteiger partial charge in [-0.3, -0.25) is 0 Å². The first kappa shape index (κ1) is 42.7. The van der Waals surface area contributed by atoms with Gasteiger partial charge in [-0.05, 0) is 54.6 Å². The van der Waals surface area contributed by atoms with Gasteiger partial charge in [-0.25, -0.2) is 15.0 Å². The standard InChI is InChI=1S/C64H36F3N5S2/c65-64(66,67)40-28-30-42(54(36-40)72-50-24-12-8-22-48(50)58-52(72)34-32-46-44-20-10-14-26-56(44)74-60(46)58)41-29-27-39(63-69-61(37-15-3-1-4-16-37)68-62(70-63)38-17-5-2-6-18-38)35-53(41)71-49-23-11-7-21-47(49)57-51(71)33-31-45-43-19-9-13-25-55(43)73-59(45)57/h1-36H. The van der Waals surface area contributed by atoms with E-state index in [1.54, 1.807) is 28.7 Å². The average Bonchev–Trinajstić information content (AvgIpc) is 4.21. The fourth-order valence-electron chi connectivity index (χ4n) is 11.1. The van der Waals surface area contributed by atoms with E-state index in [-0.39, 0.29) is 0 Å². The van der Waals surface area contributed by atoms with Crippen molar-refractivity contribution in [2.75, 3.05) is 0 Å². The number of hydrogen-bond donors (Lipinski definition) is 0. The predicted molar refractivity (Wildman–Crippen MR) is 301 cm³/mol. The molecule has 350 valence electrons. The Labute approximate surface area is 428 Å². The summed E-state index contributed by atoms with van der Waals surface area (Å²) in [6.45, 7) is 0. The molecule has 15 rings (SSSR count). The summed E-state index contributed by atoms with van der Waals surface area (Å²) in [5.74, 6) is 1.50. The van der Waals surface area contributed by atoms with Crippen LogP contribution in [0.4, 0.5) is 13.2 Å². The minimum atomic E-state index is -4.62. The Morgan fingerprint density at radius 1 is 0.338 bits per heavy atom. The van der Waals surface area contributed by atoms with Crippen molar-refractivity contribution in [3.05, 3.63) is 224 Å². The Hall–Kier alpha value is -8.96. The highest BCUT2D eigenvalue weighted by atomic mass is 32.1. The van der Waals surface area contributed by atoms with Gasteiger partial charge >= 0.3 is 6.18 Å². The van der Waals surface area contributed by atoms with Gasteiger partial charge in [0.05, 0.1) is 39.0 Å². The van der Waals surface area contributed by atoms with Crippen LogP contribution in [-0.2, 0) is 6.18 Å². The van der Waals surface area contributed by atoms with Crippen molar-refractivity contribution in [1.82, 2.24) is 24.1 Å². The summed E-state index contributed by atoms with van der Waals surface area (Å²) >= 11 is 3.49. The molecule has 0 aliphatic carbocycles. The number of nitrogens with zero attached hydrogens (tertiary/aromatic N) is 5. The van der Waals surface area contributed by atoms with Crippen LogP contribution in [0.5, 0.6) is 0 Å². The number of rotatable bonds is 6. The molecule has 0 aliphatic heterocycles. The molecule has 0 radical (unpaired) electrons. The second kappa shape index (κ2) is 16.3. The van der Waals surface area contributed by atoms with Crippen LogP contribution >= 0.6 is 22.7 Å². The molecule has 0 amide bonds. The SMILES string of the molecule is FC(F)(F)c1ccc(-c2ccc(-c3nc(-c4ccccc4)nc(-c4ccccc4)n3)cc2-n2c3ccccc3c3c4sc5ccccc5c4ccc32)c(-n2c3ccccc3c3c4sc5ccccc5c4ccc32)c1. The van der Waals surface area contributed by atoms with Gasteiger partial charge in [-0.1, -0.05) is 164 Å². The van der Waals surface area contributed by atoms with Crippen LogP contribution in [0.15, 0.2) is 218 Å². The van der Waals surface area contributed by atoms with E-state index in [1.807, 2.05) is 114 Å². The summed E-state index contributed by atoms with van der Waals surface area (Å²) in [5, 5.41) is 8.78. The molecule has 0 aliphatic rings. The number of fused-ring (bicyclic) bond motifs is 14. The van der Waals surface area contributed by atoms with Crippen molar-refractivity contribution >= 4 is 107 Å². The third kappa shape index (κ3) is 6.51. The highest BCUT2D eigenvalue weighted by Crippen LogP contribution is 2.49. The molecule has 0 bridgehead atoms. The molecule has 0 fully saturated rings. The summed E-state index contributed by atoms with van der Waals surface area (Å²) in [6, 6.07) is 72.0. The van der Waals surface area contributed by atoms with Crippen molar-refractivity contribution in [1.29, 1.82) is 0 Å². The van der Waals surface area contributed by atoms with Gasteiger partial charge < -0.3 is 9.13 Å². The van der Waals surface area contributed by atoms with Crippen LogP contribution in [0.1, 0.15) is 5.56 Å². The zero-order chi connectivity index (χ0) is 49.2. The number of hydrogen-bond acceptors (Lipinski definition) is 5. The van der Waals surface area contributed by atoms with Crippen molar-refractivity contribution in [2.45, 2.75) is 6.18 Å². The monoisotopic (exact) mass is 995 g/mol. The molecule has 0 saturated carbocycles. The number of para-hydroxylation sites is 2. The maximum atomic E-state index is 15.3. The molecule has 0 atom stereocenters. The molecule has 0 unspecified atom stereocenters. The second-order valence-corrected chi connectivity index (χ2v) is 20.7. The molecule has 0 saturated heterocycles. The van der Waals surface area contributed by atoms with E-state index in [1.165, 1.54) is 32.3 Å². The second-order valence-electron chi connectivity index (χ2n) is 18.6. The van der Waals surface area contributed by atoms with Crippen molar-refractivity contribution < 1.29 is 13.2 Å². The first-order valence-corrected chi connectivity index (χ1v) is 25.9. The molecular formula is C64H36F3N5S2. The molecule has 5 aromatic heterocycles. The normalized spacial score (nSPS) is 12.3. The highest BCUT2D eigenvalue weighted by molar-refractivity contribution is 7.27. The topological polar surface area (TPSA) is 48.5 Å². The van der Waals surface area contributed by atoms with E-state index >= 15 is 13.2 Å². The predicted octanol–water partition coefficient (Wildman–Crippen LogP) is 18.5. The number of thiophene rings is 2. The van der Waals surface area contributed by atoms with Gasteiger partial charge in [-0.2, -0.15) is 13.2 Å². The molecule has 5 heterocycles. The van der Waals surface area contributed by atoms with E-state index in [4.69, 9.17) is 15.0 Å². The Morgan fingerprint density at radius 2 is 0.757 bits per heavy atom. The highest BCUT2D eigenvalue weighted by Gasteiger charge is 2.33. The van der Waals surface area contributed by atoms with Gasteiger partial charge in [-0.15, -0.1) is 22.7 Å². The minimum absolute atomic E-state index is 0.408. The van der Waals surface area contributed by atoms with Crippen LogP contribution in [0.25, 0.3) is 141 Å².